The van der Waals surface area contributed by atoms with E-state index in [2.05, 4.69) is 4.98 Å². The molecule has 2 aromatic rings. The van der Waals surface area contributed by atoms with Gasteiger partial charge in [0.1, 0.15) is 0 Å². The average Bonchev–Trinajstić information content (AvgIpc) is 3.41. The molecule has 2 aliphatic rings. The highest BCUT2D eigenvalue weighted by atomic mass is 35.5. The Morgan fingerprint density at radius 2 is 1.92 bits per heavy atom. The lowest BCUT2D eigenvalue weighted by atomic mass is 10.1. The van der Waals surface area contributed by atoms with E-state index in [1.807, 2.05) is 0 Å². The van der Waals surface area contributed by atoms with E-state index < -0.39 is 0 Å². The summed E-state index contributed by atoms with van der Waals surface area (Å²) in [6.07, 6.45) is 2.39. The first kappa shape index (κ1) is 16.9. The topological polar surface area (TPSA) is 55.2 Å². The summed E-state index contributed by atoms with van der Waals surface area (Å²) in [6.45, 7) is 0.712. The summed E-state index contributed by atoms with van der Waals surface area (Å²) in [5.41, 5.74) is 1.62. The van der Waals surface area contributed by atoms with Crippen molar-refractivity contribution < 1.29 is 4.79 Å². The Kier molecular flexibility index (Phi) is 4.26. The van der Waals surface area contributed by atoms with Crippen LogP contribution in [0.15, 0.2) is 23.0 Å². The highest BCUT2D eigenvalue weighted by Crippen LogP contribution is 2.36. The molecular weight excluding hydrogens is 385 g/mol. The molecule has 1 aliphatic carbocycles. The Hall–Kier alpha value is -1.56. The highest BCUT2D eigenvalue weighted by Gasteiger charge is 2.32. The minimum Gasteiger partial charge on any atom is -0.332 e. The summed E-state index contributed by atoms with van der Waals surface area (Å²) >= 11 is 18.1. The largest absolute Gasteiger partial charge is 0.332 e. The Balaban J connectivity index is 1.63. The van der Waals surface area contributed by atoms with E-state index in [-0.39, 0.29) is 29.3 Å². The Morgan fingerprint density at radius 3 is 2.60 bits per heavy atom. The molecule has 1 fully saturated rings. The number of halogens is 3. The van der Waals surface area contributed by atoms with Crippen LogP contribution in [-0.4, -0.2) is 26.9 Å². The van der Waals surface area contributed by atoms with Gasteiger partial charge in [-0.25, -0.2) is 4.98 Å². The molecule has 2 heterocycles. The van der Waals surface area contributed by atoms with Crippen LogP contribution in [-0.2, 0) is 13.0 Å². The molecule has 1 amide bonds. The fraction of sp³-hybridized carbons (Fsp3) is 0.353. The fourth-order valence-electron chi connectivity index (χ4n) is 3.11. The maximum absolute atomic E-state index is 12.7. The van der Waals surface area contributed by atoms with E-state index in [4.69, 9.17) is 34.8 Å². The second-order valence-electron chi connectivity index (χ2n) is 6.32. The first-order valence-corrected chi connectivity index (χ1v) is 9.13. The first-order chi connectivity index (χ1) is 12.0. The van der Waals surface area contributed by atoms with Gasteiger partial charge < -0.3 is 4.90 Å². The van der Waals surface area contributed by atoms with Crippen molar-refractivity contribution in [1.29, 1.82) is 0 Å². The molecule has 130 valence electrons. The molecule has 1 aromatic heterocycles. The Morgan fingerprint density at radius 1 is 1.16 bits per heavy atom. The number of carbonyl (C=O) groups excluding carboxylic acids is 1. The van der Waals surface area contributed by atoms with Crippen LogP contribution in [0.4, 0.5) is 0 Å². The van der Waals surface area contributed by atoms with Gasteiger partial charge in [0.15, 0.2) is 0 Å². The van der Waals surface area contributed by atoms with Crippen LogP contribution in [0.25, 0.3) is 0 Å². The van der Waals surface area contributed by atoms with Crippen LogP contribution < -0.4 is 5.56 Å². The van der Waals surface area contributed by atoms with Gasteiger partial charge in [0, 0.05) is 23.7 Å². The maximum Gasteiger partial charge on any atom is 0.258 e. The van der Waals surface area contributed by atoms with E-state index in [0.717, 1.165) is 12.8 Å². The van der Waals surface area contributed by atoms with Gasteiger partial charge in [-0.15, -0.1) is 0 Å². The summed E-state index contributed by atoms with van der Waals surface area (Å²) in [6, 6.07) is 4.96. The number of nitrogens with zero attached hydrogens (tertiary/aromatic N) is 3. The number of fused-ring (bicyclic) bond motifs is 1. The molecule has 0 spiro atoms. The molecule has 0 saturated heterocycles. The van der Waals surface area contributed by atoms with Crippen LogP contribution in [0.2, 0.25) is 15.3 Å². The highest BCUT2D eigenvalue weighted by molar-refractivity contribution is 6.42. The molecule has 0 radical (unpaired) electrons. The van der Waals surface area contributed by atoms with Crippen LogP contribution in [0, 0.1) is 0 Å². The van der Waals surface area contributed by atoms with Crippen molar-refractivity contribution in [2.24, 2.45) is 0 Å². The van der Waals surface area contributed by atoms with Crippen LogP contribution in [0.3, 0.4) is 0 Å². The smallest absolute Gasteiger partial charge is 0.258 e. The quantitative estimate of drug-likeness (QED) is 0.724. The second kappa shape index (κ2) is 6.31. The molecule has 1 aromatic carbocycles. The van der Waals surface area contributed by atoms with Crippen molar-refractivity contribution in [2.75, 3.05) is 6.54 Å². The third-order valence-corrected chi connectivity index (χ3v) is 5.60. The summed E-state index contributed by atoms with van der Waals surface area (Å²) in [5.74, 6) is -0.173. The number of hydrogen-bond donors (Lipinski definition) is 0. The van der Waals surface area contributed by atoms with Crippen molar-refractivity contribution in [2.45, 2.75) is 31.8 Å². The van der Waals surface area contributed by atoms with Gasteiger partial charge in [-0.05, 0) is 49.1 Å². The molecule has 0 unspecified atom stereocenters. The zero-order valence-corrected chi connectivity index (χ0v) is 15.4. The molecule has 25 heavy (non-hydrogen) atoms. The van der Waals surface area contributed by atoms with E-state index >= 15 is 0 Å². The average molecular weight is 399 g/mol. The van der Waals surface area contributed by atoms with Gasteiger partial charge in [-0.3, -0.25) is 14.2 Å². The lowest BCUT2D eigenvalue weighted by Crippen LogP contribution is -2.40. The number of rotatable bonds is 2. The molecular formula is C17H14Cl3N3O2. The molecule has 5 nitrogen and oxygen atoms in total. The fourth-order valence-corrected chi connectivity index (χ4v) is 3.72. The van der Waals surface area contributed by atoms with Gasteiger partial charge in [0.25, 0.3) is 11.5 Å². The van der Waals surface area contributed by atoms with Crippen molar-refractivity contribution in [3.05, 3.63) is 60.7 Å². The standard InChI is InChI=1S/C17H14Cl3N3O2/c18-12-4-1-9(7-13(12)19)15(24)22-6-5-11-14(8-22)21-17(20)23(16(11)25)10-2-3-10/h1,4,7,10H,2-3,5-6,8H2. The number of hydrogen-bond acceptors (Lipinski definition) is 3. The monoisotopic (exact) mass is 397 g/mol. The third-order valence-electron chi connectivity index (χ3n) is 4.59. The molecule has 0 atom stereocenters. The van der Waals surface area contributed by atoms with Gasteiger partial charge in [-0.1, -0.05) is 23.2 Å². The second-order valence-corrected chi connectivity index (χ2v) is 7.47. The van der Waals surface area contributed by atoms with Crippen LogP contribution in [0.1, 0.15) is 40.5 Å². The zero-order valence-electron chi connectivity index (χ0n) is 13.1. The van der Waals surface area contributed by atoms with Gasteiger partial charge in [0.05, 0.1) is 22.3 Å². The lowest BCUT2D eigenvalue weighted by molar-refractivity contribution is 0.0731. The molecule has 8 heteroatoms. The molecule has 0 bridgehead atoms. The van der Waals surface area contributed by atoms with E-state index in [9.17, 15) is 9.59 Å². The normalized spacial score (nSPS) is 16.7. The predicted octanol–water partition coefficient (Wildman–Crippen LogP) is 3.74. The Labute approximate surface area is 159 Å². The van der Waals surface area contributed by atoms with Crippen LogP contribution >= 0.6 is 34.8 Å². The van der Waals surface area contributed by atoms with E-state index in [0.29, 0.717) is 39.8 Å². The van der Waals surface area contributed by atoms with E-state index in [1.165, 1.54) is 0 Å². The summed E-state index contributed by atoms with van der Waals surface area (Å²) in [5, 5.41) is 0.935. The SMILES string of the molecule is O=C(c1ccc(Cl)c(Cl)c1)N1CCc2c(nc(Cl)n(C3CC3)c2=O)C1. The van der Waals surface area contributed by atoms with Crippen molar-refractivity contribution in [3.8, 4) is 0 Å². The van der Waals surface area contributed by atoms with Gasteiger partial charge >= 0.3 is 0 Å². The molecule has 1 aliphatic heterocycles. The number of carbonyl (C=O) groups is 1. The van der Waals surface area contributed by atoms with Gasteiger partial charge in [-0.2, -0.15) is 0 Å². The number of aromatic nitrogens is 2. The maximum atomic E-state index is 12.7. The minimum atomic E-state index is -0.173. The molecule has 0 N–H and O–H groups in total. The summed E-state index contributed by atoms with van der Waals surface area (Å²) in [7, 11) is 0. The van der Waals surface area contributed by atoms with Crippen LogP contribution in [0.5, 0.6) is 0 Å². The summed E-state index contributed by atoms with van der Waals surface area (Å²) < 4.78 is 1.58. The van der Waals surface area contributed by atoms with Gasteiger partial charge in [0.2, 0.25) is 5.28 Å². The third kappa shape index (κ3) is 3.05. The predicted molar refractivity (Wildman–Crippen MR) is 96.7 cm³/mol. The lowest BCUT2D eigenvalue weighted by Gasteiger charge is -2.28. The number of benzene rings is 1. The van der Waals surface area contributed by atoms with Crippen molar-refractivity contribution in [1.82, 2.24) is 14.5 Å². The summed E-state index contributed by atoms with van der Waals surface area (Å²) in [4.78, 5) is 31.4. The minimum absolute atomic E-state index is 0.0702. The van der Waals surface area contributed by atoms with Crippen molar-refractivity contribution >= 4 is 40.7 Å². The molecule has 4 rings (SSSR count). The van der Waals surface area contributed by atoms with E-state index in [1.54, 1.807) is 27.7 Å². The zero-order chi connectivity index (χ0) is 17.7. The first-order valence-electron chi connectivity index (χ1n) is 8.00. The van der Waals surface area contributed by atoms with Crippen molar-refractivity contribution in [3.63, 3.8) is 0 Å². The Bertz CT molecular complexity index is 937. The number of amides is 1. The molecule has 1 saturated carbocycles.